The third-order valence-corrected chi connectivity index (χ3v) is 1.99. The average molecular weight is 174 g/mol. The van der Waals surface area contributed by atoms with Crippen LogP contribution in [0.5, 0.6) is 0 Å². The predicted molar refractivity (Wildman–Crippen MR) is 46.5 cm³/mol. The normalized spacial score (nSPS) is 10.2. The van der Waals surface area contributed by atoms with Crippen molar-refractivity contribution in [3.05, 3.63) is 0 Å². The summed E-state index contributed by atoms with van der Waals surface area (Å²) in [5, 5.41) is 17.8. The largest absolute Gasteiger partial charge is 0.857 e. The fraction of sp³-hybridized carbons (Fsp3) is 1.00. The molecule has 0 amide bonds. The molecule has 0 heterocycles. The van der Waals surface area contributed by atoms with Gasteiger partial charge < -0.3 is 10.2 Å². The van der Waals surface area contributed by atoms with Gasteiger partial charge in [-0.1, -0.05) is 0 Å². The van der Waals surface area contributed by atoms with Crippen molar-refractivity contribution in [3.63, 3.8) is 0 Å². The SMILES string of the molecule is CCCC(C)[CH2][Al+2].C[O-].C[O-]. The Morgan fingerprint density at radius 3 is 1.64 bits per heavy atom. The van der Waals surface area contributed by atoms with Crippen LogP contribution in [-0.2, 0) is 0 Å². The van der Waals surface area contributed by atoms with Crippen molar-refractivity contribution >= 4 is 16.3 Å². The molecule has 0 saturated carbocycles. The summed E-state index contributed by atoms with van der Waals surface area (Å²) in [7, 11) is 1.50. The molecule has 3 heteroatoms. The van der Waals surface area contributed by atoms with E-state index in [-0.39, 0.29) is 0 Å². The number of hydrogen-bond acceptors (Lipinski definition) is 2. The van der Waals surface area contributed by atoms with Crippen LogP contribution in [0, 0.1) is 5.92 Å². The van der Waals surface area contributed by atoms with E-state index in [0.717, 1.165) is 20.1 Å². The summed E-state index contributed by atoms with van der Waals surface area (Å²) in [6, 6.07) is 0. The standard InChI is InChI=1S/C6H13.2CH3O.Al/c1-4-5-6(2)3;2*1-2;/h6H,2,4-5H2,1,3H3;2*1H3;/q;2*-1;+2. The molecule has 0 aliphatic carbocycles. The van der Waals surface area contributed by atoms with Crippen molar-refractivity contribution in [2.24, 2.45) is 5.92 Å². The molecule has 0 aromatic carbocycles. The van der Waals surface area contributed by atoms with Crippen LogP contribution in [0.1, 0.15) is 26.7 Å². The molecule has 0 aliphatic heterocycles. The van der Waals surface area contributed by atoms with Crippen molar-refractivity contribution in [3.8, 4) is 0 Å². The third-order valence-electron chi connectivity index (χ3n) is 1.18. The van der Waals surface area contributed by atoms with Crippen LogP contribution in [0.2, 0.25) is 5.28 Å². The van der Waals surface area contributed by atoms with Gasteiger partial charge in [0.05, 0.1) is 0 Å². The first-order valence-electron chi connectivity index (χ1n) is 3.83. The van der Waals surface area contributed by atoms with Crippen molar-refractivity contribution in [2.45, 2.75) is 32.0 Å². The van der Waals surface area contributed by atoms with Gasteiger partial charge in [-0.2, -0.15) is 14.2 Å². The van der Waals surface area contributed by atoms with Crippen LogP contribution in [-0.4, -0.2) is 30.5 Å². The van der Waals surface area contributed by atoms with E-state index in [1.54, 1.807) is 0 Å². The van der Waals surface area contributed by atoms with Crippen molar-refractivity contribution < 1.29 is 10.2 Å². The molecule has 0 spiro atoms. The average Bonchev–Trinajstić information content (AvgIpc) is 2.12. The minimum Gasteiger partial charge on any atom is -0.857 e. The summed E-state index contributed by atoms with van der Waals surface area (Å²) in [6.45, 7) is 4.52. The smallest absolute Gasteiger partial charge is 0.153 e. The molecule has 0 rings (SSSR count). The van der Waals surface area contributed by atoms with Crippen molar-refractivity contribution in [1.29, 1.82) is 0 Å². The summed E-state index contributed by atoms with van der Waals surface area (Å²) >= 11 is 2.77. The molecule has 2 nitrogen and oxygen atoms in total. The van der Waals surface area contributed by atoms with E-state index in [2.05, 4.69) is 30.1 Å². The molecule has 0 saturated heterocycles. The minimum absolute atomic E-state index is 0.750. The first-order chi connectivity index (χ1) is 5.31. The van der Waals surface area contributed by atoms with E-state index in [1.807, 2.05) is 0 Å². The summed E-state index contributed by atoms with van der Waals surface area (Å²) in [5.74, 6) is 0.912. The van der Waals surface area contributed by atoms with Crippen LogP contribution in [0.4, 0.5) is 0 Å². The third kappa shape index (κ3) is 25.1. The molecule has 1 atom stereocenters. The van der Waals surface area contributed by atoms with E-state index >= 15 is 0 Å². The molecule has 1 unspecified atom stereocenters. The van der Waals surface area contributed by atoms with Crippen LogP contribution in [0.3, 0.4) is 0 Å². The Bertz CT molecular complexity index is 43.1. The molecule has 11 heavy (non-hydrogen) atoms. The quantitative estimate of drug-likeness (QED) is 0.564. The van der Waals surface area contributed by atoms with Gasteiger partial charge in [0.2, 0.25) is 0 Å². The van der Waals surface area contributed by atoms with Gasteiger partial charge in [0.1, 0.15) is 0 Å². The zero-order valence-corrected chi connectivity index (χ0v) is 9.25. The maximum atomic E-state index is 8.25. The summed E-state index contributed by atoms with van der Waals surface area (Å²) in [4.78, 5) is 0. The second-order valence-corrected chi connectivity index (χ2v) is 2.60. The second kappa shape index (κ2) is 22.4. The van der Waals surface area contributed by atoms with Crippen molar-refractivity contribution in [2.75, 3.05) is 14.2 Å². The molecule has 0 radical (unpaired) electrons. The van der Waals surface area contributed by atoms with Crippen LogP contribution in [0.15, 0.2) is 0 Å². The molecule has 66 valence electrons. The Hall–Kier alpha value is 0.452. The van der Waals surface area contributed by atoms with Crippen LogP contribution in [0.25, 0.3) is 0 Å². The van der Waals surface area contributed by atoms with Gasteiger partial charge >= 0.3 is 54.2 Å². The molecule has 0 bridgehead atoms. The van der Waals surface area contributed by atoms with Gasteiger partial charge in [-0.25, -0.2) is 0 Å². The van der Waals surface area contributed by atoms with Gasteiger partial charge in [0.25, 0.3) is 0 Å². The van der Waals surface area contributed by atoms with Gasteiger partial charge in [-0.05, 0) is 0 Å². The van der Waals surface area contributed by atoms with Gasteiger partial charge in [-0.3, -0.25) is 0 Å². The van der Waals surface area contributed by atoms with E-state index in [4.69, 9.17) is 10.2 Å². The first kappa shape index (κ1) is 17.5. The van der Waals surface area contributed by atoms with E-state index in [0.29, 0.717) is 0 Å². The van der Waals surface area contributed by atoms with E-state index < -0.39 is 0 Å². The molecular weight excluding hydrogens is 155 g/mol. The van der Waals surface area contributed by atoms with E-state index in [9.17, 15) is 0 Å². The molecule has 0 N–H and O–H groups in total. The summed E-state index contributed by atoms with van der Waals surface area (Å²) in [5.41, 5.74) is 0. The Balaban J connectivity index is -0.000000138. The van der Waals surface area contributed by atoms with Gasteiger partial charge in [-0.15, -0.1) is 0 Å². The zero-order valence-electron chi connectivity index (χ0n) is 8.09. The fourth-order valence-electron chi connectivity index (χ4n) is 0.611. The minimum atomic E-state index is 0.750. The van der Waals surface area contributed by atoms with Crippen molar-refractivity contribution in [1.82, 2.24) is 0 Å². The Morgan fingerprint density at radius 1 is 1.18 bits per heavy atom. The summed E-state index contributed by atoms with van der Waals surface area (Å²) < 4.78 is 0. The Kier molecular flexibility index (Phi) is 35.7. The van der Waals surface area contributed by atoms with Gasteiger partial charge in [0.15, 0.2) is 0 Å². The molecular formula is C8H19AlO2. The Morgan fingerprint density at radius 2 is 1.55 bits per heavy atom. The molecule has 0 aromatic rings. The van der Waals surface area contributed by atoms with Crippen LogP contribution >= 0.6 is 0 Å². The molecule has 0 fully saturated rings. The fourth-order valence-corrected chi connectivity index (χ4v) is 0.846. The number of rotatable bonds is 3. The maximum absolute atomic E-state index is 8.25. The first-order valence-corrected chi connectivity index (χ1v) is 4.64. The van der Waals surface area contributed by atoms with Gasteiger partial charge in [0, 0.05) is 0 Å². The van der Waals surface area contributed by atoms with E-state index in [1.165, 1.54) is 18.1 Å². The van der Waals surface area contributed by atoms with Crippen LogP contribution < -0.4 is 10.2 Å². The predicted octanol–water partition coefficient (Wildman–Crippen LogP) is -0.0376. The topological polar surface area (TPSA) is 46.1 Å². The molecule has 0 aromatic heterocycles. The molecule has 0 aliphatic rings. The summed E-state index contributed by atoms with van der Waals surface area (Å²) in [6.07, 6.45) is 2.71. The zero-order chi connectivity index (χ0) is 9.70. The Labute approximate surface area is 79.1 Å². The second-order valence-electron chi connectivity index (χ2n) is 2.13. The number of hydrogen-bond donors (Lipinski definition) is 0. The monoisotopic (exact) mass is 174 g/mol. The maximum Gasteiger partial charge on any atom is -0.153 e.